The van der Waals surface area contributed by atoms with Gasteiger partial charge in [-0.1, -0.05) is 44.2 Å². The maximum Gasteiger partial charge on any atom is 0.408 e. The van der Waals surface area contributed by atoms with Gasteiger partial charge in [0.05, 0.1) is 0 Å². The maximum atomic E-state index is 12.4. The predicted octanol–water partition coefficient (Wildman–Crippen LogP) is 0.643. The highest BCUT2D eigenvalue weighted by molar-refractivity contribution is 5.92. The van der Waals surface area contributed by atoms with Gasteiger partial charge in [0.25, 0.3) is 0 Å². The fraction of sp³-hybridized carbons (Fsp3) is 0.444. The summed E-state index contributed by atoms with van der Waals surface area (Å²) in [5.41, 5.74) is 0.807. The first kappa shape index (κ1) is 21.9. The van der Waals surface area contributed by atoms with Crippen molar-refractivity contribution in [3.8, 4) is 0 Å². The molecular weight excluding hydrogens is 354 g/mol. The van der Waals surface area contributed by atoms with Crippen LogP contribution in [0.4, 0.5) is 4.79 Å². The number of ether oxygens (including phenoxy) is 1. The predicted molar refractivity (Wildman–Crippen MR) is 96.6 cm³/mol. The van der Waals surface area contributed by atoms with E-state index in [0.29, 0.717) is 0 Å². The number of carboxylic acid groups (broad SMARTS) is 1. The first-order valence-electron chi connectivity index (χ1n) is 8.47. The second kappa shape index (κ2) is 10.8. The number of carbonyl (C=O) groups is 4. The van der Waals surface area contributed by atoms with Gasteiger partial charge in [-0.2, -0.15) is 0 Å². The highest BCUT2D eigenvalue weighted by atomic mass is 16.5. The van der Waals surface area contributed by atoms with Gasteiger partial charge in [-0.05, 0) is 18.4 Å². The van der Waals surface area contributed by atoms with E-state index >= 15 is 0 Å². The van der Waals surface area contributed by atoms with E-state index < -0.39 is 42.5 Å². The molecule has 2 atom stereocenters. The number of hydrogen-bond acceptors (Lipinski definition) is 5. The molecular formula is C18H25N3O6. The van der Waals surface area contributed by atoms with Crippen LogP contribution in [0.15, 0.2) is 30.3 Å². The Morgan fingerprint density at radius 2 is 1.63 bits per heavy atom. The van der Waals surface area contributed by atoms with Crippen molar-refractivity contribution in [2.45, 2.75) is 39.5 Å². The molecule has 9 heteroatoms. The Morgan fingerprint density at radius 3 is 2.19 bits per heavy atom. The van der Waals surface area contributed by atoms with E-state index in [-0.39, 0.29) is 12.5 Å². The molecule has 0 heterocycles. The average Bonchev–Trinajstić information content (AvgIpc) is 2.62. The topological polar surface area (TPSA) is 134 Å². The van der Waals surface area contributed by atoms with Crippen LogP contribution >= 0.6 is 0 Å². The highest BCUT2D eigenvalue weighted by Gasteiger charge is 2.27. The molecule has 1 aromatic carbocycles. The number of alkyl carbamates (subject to hydrolysis) is 1. The summed E-state index contributed by atoms with van der Waals surface area (Å²) in [5, 5.41) is 15.7. The van der Waals surface area contributed by atoms with E-state index in [2.05, 4.69) is 16.0 Å². The number of aliphatic carboxylic acids is 1. The zero-order chi connectivity index (χ0) is 20.4. The summed E-state index contributed by atoms with van der Waals surface area (Å²) < 4.78 is 5.10. The normalized spacial score (nSPS) is 12.6. The Labute approximate surface area is 157 Å². The second-order valence-corrected chi connectivity index (χ2v) is 6.27. The zero-order valence-corrected chi connectivity index (χ0v) is 15.5. The van der Waals surface area contributed by atoms with Crippen LogP contribution in [0.5, 0.6) is 0 Å². The molecule has 0 saturated heterocycles. The Balaban J connectivity index is 2.55. The third kappa shape index (κ3) is 8.21. The Morgan fingerprint density at radius 1 is 1.00 bits per heavy atom. The van der Waals surface area contributed by atoms with Crippen LogP contribution < -0.4 is 16.0 Å². The van der Waals surface area contributed by atoms with Crippen LogP contribution in [0.2, 0.25) is 0 Å². The first-order chi connectivity index (χ1) is 12.7. The number of hydrogen-bond donors (Lipinski definition) is 4. The van der Waals surface area contributed by atoms with Gasteiger partial charge in [0.1, 0.15) is 25.2 Å². The van der Waals surface area contributed by atoms with Crippen molar-refractivity contribution in [2.24, 2.45) is 5.92 Å². The van der Waals surface area contributed by atoms with E-state index in [9.17, 15) is 19.2 Å². The van der Waals surface area contributed by atoms with Gasteiger partial charge in [0.2, 0.25) is 11.8 Å². The summed E-state index contributed by atoms with van der Waals surface area (Å²) in [5.74, 6) is -2.66. The lowest BCUT2D eigenvalue weighted by Crippen LogP contribution is -2.54. The van der Waals surface area contributed by atoms with E-state index in [4.69, 9.17) is 9.84 Å². The molecule has 0 saturated carbocycles. The fourth-order valence-electron chi connectivity index (χ4n) is 2.11. The molecule has 3 amide bonds. The van der Waals surface area contributed by atoms with Crippen molar-refractivity contribution in [1.29, 1.82) is 0 Å². The number of carbonyl (C=O) groups excluding carboxylic acids is 3. The van der Waals surface area contributed by atoms with Gasteiger partial charge in [0.15, 0.2) is 0 Å². The Bertz CT molecular complexity index is 662. The number of rotatable bonds is 9. The molecule has 1 rings (SSSR count). The quantitative estimate of drug-likeness (QED) is 0.498. The number of benzene rings is 1. The van der Waals surface area contributed by atoms with Gasteiger partial charge >= 0.3 is 12.1 Å². The minimum atomic E-state index is -1.19. The summed E-state index contributed by atoms with van der Waals surface area (Å²) in [7, 11) is 0. The van der Waals surface area contributed by atoms with Crippen molar-refractivity contribution in [1.82, 2.24) is 16.0 Å². The summed E-state index contributed by atoms with van der Waals surface area (Å²) in [6.07, 6.45) is -0.754. The summed E-state index contributed by atoms with van der Waals surface area (Å²) in [4.78, 5) is 46.6. The van der Waals surface area contributed by atoms with Gasteiger partial charge in [0, 0.05) is 0 Å². The number of carboxylic acids is 1. The van der Waals surface area contributed by atoms with Crippen molar-refractivity contribution < 1.29 is 29.0 Å². The molecule has 4 N–H and O–H groups in total. The highest BCUT2D eigenvalue weighted by Crippen LogP contribution is 2.05. The van der Waals surface area contributed by atoms with Gasteiger partial charge in [-0.25, -0.2) is 4.79 Å². The van der Waals surface area contributed by atoms with E-state index in [1.54, 1.807) is 26.0 Å². The largest absolute Gasteiger partial charge is 0.480 e. The number of nitrogens with one attached hydrogen (secondary N) is 3. The van der Waals surface area contributed by atoms with Crippen LogP contribution in [0.25, 0.3) is 0 Å². The molecule has 0 radical (unpaired) electrons. The molecule has 0 spiro atoms. The molecule has 0 aliphatic heterocycles. The molecule has 0 aliphatic rings. The summed E-state index contributed by atoms with van der Waals surface area (Å²) >= 11 is 0. The van der Waals surface area contributed by atoms with Crippen LogP contribution in [-0.2, 0) is 25.7 Å². The lowest BCUT2D eigenvalue weighted by Gasteiger charge is -2.23. The molecule has 9 nitrogen and oxygen atoms in total. The lowest BCUT2D eigenvalue weighted by molar-refractivity contribution is -0.138. The van der Waals surface area contributed by atoms with Crippen molar-refractivity contribution >= 4 is 23.9 Å². The average molecular weight is 379 g/mol. The Kier molecular flexibility index (Phi) is 8.77. The van der Waals surface area contributed by atoms with Gasteiger partial charge in [-0.3, -0.25) is 14.4 Å². The monoisotopic (exact) mass is 379 g/mol. The molecule has 0 bridgehead atoms. The number of amides is 3. The fourth-order valence-corrected chi connectivity index (χ4v) is 2.11. The van der Waals surface area contributed by atoms with Crippen molar-refractivity contribution in [2.75, 3.05) is 6.54 Å². The minimum absolute atomic E-state index is 0.0626. The van der Waals surface area contributed by atoms with Gasteiger partial charge in [-0.15, -0.1) is 0 Å². The maximum absolute atomic E-state index is 12.4. The van der Waals surface area contributed by atoms with Gasteiger partial charge < -0.3 is 25.8 Å². The SMILES string of the molecule is CC(NC(=O)C(NC(=O)OCc1ccccc1)C(C)C)C(=O)NCC(=O)O. The standard InChI is InChI=1S/C18H25N3O6/c1-11(2)15(17(25)20-12(3)16(24)19-9-14(22)23)21-18(26)27-10-13-7-5-4-6-8-13/h4-8,11-12,15H,9-10H2,1-3H3,(H,19,24)(H,20,25)(H,21,26)(H,22,23). The van der Waals surface area contributed by atoms with Crippen LogP contribution in [0.1, 0.15) is 26.3 Å². The van der Waals surface area contributed by atoms with Crippen LogP contribution in [-0.4, -0.2) is 47.6 Å². The summed E-state index contributed by atoms with van der Waals surface area (Å²) in [6, 6.07) is 7.21. The molecule has 148 valence electrons. The third-order valence-electron chi connectivity index (χ3n) is 3.60. The third-order valence-corrected chi connectivity index (χ3v) is 3.60. The molecule has 27 heavy (non-hydrogen) atoms. The smallest absolute Gasteiger partial charge is 0.408 e. The lowest BCUT2D eigenvalue weighted by atomic mass is 10.0. The minimum Gasteiger partial charge on any atom is -0.480 e. The van der Waals surface area contributed by atoms with Crippen LogP contribution in [0, 0.1) is 5.92 Å². The van der Waals surface area contributed by atoms with Crippen molar-refractivity contribution in [3.05, 3.63) is 35.9 Å². The zero-order valence-electron chi connectivity index (χ0n) is 15.5. The van der Waals surface area contributed by atoms with Crippen LogP contribution in [0.3, 0.4) is 0 Å². The molecule has 1 aromatic rings. The second-order valence-electron chi connectivity index (χ2n) is 6.27. The molecule has 0 fully saturated rings. The van der Waals surface area contributed by atoms with E-state index in [0.717, 1.165) is 5.56 Å². The van der Waals surface area contributed by atoms with Crippen molar-refractivity contribution in [3.63, 3.8) is 0 Å². The molecule has 2 unspecified atom stereocenters. The summed E-state index contributed by atoms with van der Waals surface area (Å²) in [6.45, 7) is 4.40. The molecule has 0 aliphatic carbocycles. The van der Waals surface area contributed by atoms with E-state index in [1.165, 1.54) is 6.92 Å². The molecule has 0 aromatic heterocycles. The van der Waals surface area contributed by atoms with E-state index in [1.807, 2.05) is 18.2 Å². The first-order valence-corrected chi connectivity index (χ1v) is 8.47. The Hall–Kier alpha value is -3.10.